The molecule has 0 bridgehead atoms. The second kappa shape index (κ2) is 3.59. The molecular weight excluding hydrogens is 291 g/mol. The van der Waals surface area contributed by atoms with Crippen LogP contribution in [0.15, 0.2) is 44.2 Å². The van der Waals surface area contributed by atoms with Crippen LogP contribution in [0.3, 0.4) is 0 Å². The quantitative estimate of drug-likeness (QED) is 0.751. The van der Waals surface area contributed by atoms with Gasteiger partial charge in [-0.1, -0.05) is 0 Å². The highest BCUT2D eigenvalue weighted by atomic mass is 79.9. The summed E-state index contributed by atoms with van der Waals surface area (Å²) in [6.07, 6.45) is 0. The van der Waals surface area contributed by atoms with Crippen molar-refractivity contribution in [2.75, 3.05) is 0 Å². The van der Waals surface area contributed by atoms with E-state index in [9.17, 15) is 9.18 Å². The summed E-state index contributed by atoms with van der Waals surface area (Å²) in [5, 5.41) is 0. The summed E-state index contributed by atoms with van der Waals surface area (Å²) in [7, 11) is 0. The normalized spacial score (nSPS) is 11.2. The lowest BCUT2D eigenvalue weighted by Crippen LogP contribution is -2.13. The molecule has 1 N–H and O–H groups in total. The molecule has 1 aromatic carbocycles. The SMILES string of the molecule is O=c1[nH]c2ccc(F)cc2n1-c1ccc(Br)o1. The smallest absolute Gasteiger partial charge is 0.333 e. The largest absolute Gasteiger partial charge is 0.433 e. The molecule has 0 radical (unpaired) electrons. The fourth-order valence-electron chi connectivity index (χ4n) is 1.72. The molecule has 0 amide bonds. The van der Waals surface area contributed by atoms with Gasteiger partial charge in [0.1, 0.15) is 5.82 Å². The minimum absolute atomic E-state index is 0.332. The molecule has 4 nitrogen and oxygen atoms in total. The molecule has 0 spiro atoms. The van der Waals surface area contributed by atoms with Crippen molar-refractivity contribution in [3.05, 3.63) is 51.3 Å². The Morgan fingerprint density at radius 1 is 1.29 bits per heavy atom. The van der Waals surface area contributed by atoms with Gasteiger partial charge in [-0.25, -0.2) is 13.8 Å². The number of rotatable bonds is 1. The van der Waals surface area contributed by atoms with Gasteiger partial charge in [0.2, 0.25) is 5.88 Å². The second-order valence-corrected chi connectivity index (χ2v) is 4.29. The zero-order chi connectivity index (χ0) is 12.0. The van der Waals surface area contributed by atoms with Crippen molar-refractivity contribution in [2.24, 2.45) is 0 Å². The maximum Gasteiger partial charge on any atom is 0.333 e. The number of aromatic amines is 1. The Hall–Kier alpha value is -1.82. The van der Waals surface area contributed by atoms with Crippen LogP contribution in [0.25, 0.3) is 16.9 Å². The number of furan rings is 1. The van der Waals surface area contributed by atoms with Crippen LogP contribution in [-0.4, -0.2) is 9.55 Å². The lowest BCUT2D eigenvalue weighted by atomic mass is 10.3. The Bertz CT molecular complexity index is 756. The van der Waals surface area contributed by atoms with Gasteiger partial charge in [-0.15, -0.1) is 0 Å². The van der Waals surface area contributed by atoms with E-state index in [4.69, 9.17) is 4.42 Å². The summed E-state index contributed by atoms with van der Waals surface area (Å²) in [5.74, 6) is -0.0744. The van der Waals surface area contributed by atoms with Crippen LogP contribution in [0.2, 0.25) is 0 Å². The van der Waals surface area contributed by atoms with Gasteiger partial charge < -0.3 is 9.40 Å². The average Bonchev–Trinajstić information content (AvgIpc) is 2.81. The maximum absolute atomic E-state index is 13.2. The standard InChI is InChI=1S/C11H6BrFN2O2/c12-9-3-4-10(17-9)15-8-5-6(13)1-2-7(8)14-11(15)16/h1-5H,(H,14,16). The zero-order valence-electron chi connectivity index (χ0n) is 8.41. The van der Waals surface area contributed by atoms with Gasteiger partial charge in [0.25, 0.3) is 0 Å². The van der Waals surface area contributed by atoms with Crippen molar-refractivity contribution in [1.82, 2.24) is 9.55 Å². The van der Waals surface area contributed by atoms with Gasteiger partial charge in [0.05, 0.1) is 11.0 Å². The summed E-state index contributed by atoms with van der Waals surface area (Å²) < 4.78 is 20.3. The highest BCUT2D eigenvalue weighted by molar-refractivity contribution is 9.10. The van der Waals surface area contributed by atoms with Gasteiger partial charge in [0, 0.05) is 12.1 Å². The van der Waals surface area contributed by atoms with Crippen LogP contribution in [0.1, 0.15) is 0 Å². The highest BCUT2D eigenvalue weighted by Gasteiger charge is 2.12. The highest BCUT2D eigenvalue weighted by Crippen LogP contribution is 2.21. The van der Waals surface area contributed by atoms with Gasteiger partial charge in [-0.05, 0) is 34.1 Å². The van der Waals surface area contributed by atoms with Crippen LogP contribution in [0, 0.1) is 5.82 Å². The molecule has 2 heterocycles. The molecular formula is C11H6BrFN2O2. The Labute approximate surface area is 103 Å². The Morgan fingerprint density at radius 3 is 2.82 bits per heavy atom. The van der Waals surface area contributed by atoms with E-state index in [1.54, 1.807) is 12.1 Å². The molecule has 2 aromatic heterocycles. The summed E-state index contributed by atoms with van der Waals surface area (Å²) in [6.45, 7) is 0. The summed E-state index contributed by atoms with van der Waals surface area (Å²) in [6, 6.07) is 7.38. The summed E-state index contributed by atoms with van der Waals surface area (Å²) >= 11 is 3.15. The van der Waals surface area contributed by atoms with E-state index in [-0.39, 0.29) is 5.69 Å². The number of hydrogen-bond acceptors (Lipinski definition) is 2. The molecule has 3 aromatic rings. The molecule has 0 aliphatic heterocycles. The number of aromatic nitrogens is 2. The van der Waals surface area contributed by atoms with Crippen LogP contribution in [0.4, 0.5) is 4.39 Å². The topological polar surface area (TPSA) is 50.9 Å². The van der Waals surface area contributed by atoms with E-state index in [1.165, 1.54) is 22.8 Å². The third kappa shape index (κ3) is 1.61. The van der Waals surface area contributed by atoms with Crippen LogP contribution in [0.5, 0.6) is 0 Å². The Morgan fingerprint density at radius 2 is 2.12 bits per heavy atom. The fourth-order valence-corrected chi connectivity index (χ4v) is 2.02. The number of halogens is 2. The average molecular weight is 297 g/mol. The third-order valence-corrected chi connectivity index (χ3v) is 2.85. The maximum atomic E-state index is 13.2. The van der Waals surface area contributed by atoms with Gasteiger partial charge in [-0.3, -0.25) is 0 Å². The molecule has 0 saturated carbocycles. The lowest BCUT2D eigenvalue weighted by molar-refractivity contribution is 0.515. The predicted octanol–water partition coefficient (Wildman–Crippen LogP) is 2.81. The van der Waals surface area contributed by atoms with E-state index < -0.39 is 5.82 Å². The number of benzene rings is 1. The minimum atomic E-state index is -0.407. The first-order valence-electron chi connectivity index (χ1n) is 4.81. The zero-order valence-corrected chi connectivity index (χ0v) is 9.99. The van der Waals surface area contributed by atoms with E-state index in [1.807, 2.05) is 0 Å². The lowest BCUT2D eigenvalue weighted by Gasteiger charge is -1.97. The molecule has 0 unspecified atom stereocenters. The first kappa shape index (κ1) is 10.3. The number of H-pyrrole nitrogens is 1. The molecule has 17 heavy (non-hydrogen) atoms. The van der Waals surface area contributed by atoms with Crippen molar-refractivity contribution in [3.8, 4) is 5.88 Å². The molecule has 0 fully saturated rings. The first-order valence-corrected chi connectivity index (χ1v) is 5.60. The third-order valence-electron chi connectivity index (χ3n) is 2.42. The summed E-state index contributed by atoms with van der Waals surface area (Å²) in [5.41, 5.74) is 0.633. The molecule has 0 saturated heterocycles. The van der Waals surface area contributed by atoms with E-state index in [2.05, 4.69) is 20.9 Å². The molecule has 6 heteroatoms. The molecule has 0 aliphatic carbocycles. The minimum Gasteiger partial charge on any atom is -0.433 e. The number of nitrogens with one attached hydrogen (secondary N) is 1. The molecule has 3 rings (SSSR count). The van der Waals surface area contributed by atoms with Crippen LogP contribution in [-0.2, 0) is 0 Å². The molecule has 0 aliphatic rings. The number of imidazole rings is 1. The van der Waals surface area contributed by atoms with Gasteiger partial charge >= 0.3 is 5.69 Å². The van der Waals surface area contributed by atoms with Crippen molar-refractivity contribution in [1.29, 1.82) is 0 Å². The van der Waals surface area contributed by atoms with E-state index in [0.717, 1.165) is 0 Å². The number of fused-ring (bicyclic) bond motifs is 1. The van der Waals surface area contributed by atoms with Crippen LogP contribution < -0.4 is 5.69 Å². The van der Waals surface area contributed by atoms with Crippen molar-refractivity contribution >= 4 is 27.0 Å². The summed E-state index contributed by atoms with van der Waals surface area (Å²) in [4.78, 5) is 14.4. The molecule has 0 atom stereocenters. The second-order valence-electron chi connectivity index (χ2n) is 3.50. The van der Waals surface area contributed by atoms with E-state index >= 15 is 0 Å². The van der Waals surface area contributed by atoms with Crippen molar-refractivity contribution < 1.29 is 8.81 Å². The van der Waals surface area contributed by atoms with Gasteiger partial charge in [-0.2, -0.15) is 0 Å². The predicted molar refractivity (Wildman–Crippen MR) is 63.8 cm³/mol. The number of nitrogens with zero attached hydrogens (tertiary/aromatic N) is 1. The monoisotopic (exact) mass is 296 g/mol. The number of hydrogen-bond donors (Lipinski definition) is 1. The van der Waals surface area contributed by atoms with Crippen molar-refractivity contribution in [3.63, 3.8) is 0 Å². The fraction of sp³-hybridized carbons (Fsp3) is 0. The Kier molecular flexibility index (Phi) is 2.19. The van der Waals surface area contributed by atoms with Crippen LogP contribution >= 0.6 is 15.9 Å². The van der Waals surface area contributed by atoms with Crippen molar-refractivity contribution in [2.45, 2.75) is 0 Å². The molecule has 86 valence electrons. The van der Waals surface area contributed by atoms with Gasteiger partial charge in [0.15, 0.2) is 4.67 Å². The first-order chi connectivity index (χ1) is 8.15. The Balaban J connectivity index is 2.39. The van der Waals surface area contributed by atoms with E-state index in [0.29, 0.717) is 21.6 Å².